The first-order valence-electron chi connectivity index (χ1n) is 7.71. The van der Waals surface area contributed by atoms with Crippen molar-refractivity contribution in [3.63, 3.8) is 0 Å². The summed E-state index contributed by atoms with van der Waals surface area (Å²) in [6.07, 6.45) is 2.59. The summed E-state index contributed by atoms with van der Waals surface area (Å²) >= 11 is 0. The average molecular weight is 323 g/mol. The van der Waals surface area contributed by atoms with Crippen LogP contribution in [-0.4, -0.2) is 36.2 Å². The van der Waals surface area contributed by atoms with Gasteiger partial charge < -0.3 is 14.4 Å². The summed E-state index contributed by atoms with van der Waals surface area (Å²) in [7, 11) is 0. The lowest BCUT2D eigenvalue weighted by Crippen LogP contribution is -2.53. The van der Waals surface area contributed by atoms with E-state index in [0.717, 1.165) is 43.8 Å². The molecule has 1 fully saturated rings. The predicted molar refractivity (Wildman–Crippen MR) is 87.2 cm³/mol. The van der Waals surface area contributed by atoms with Crippen molar-refractivity contribution in [2.75, 3.05) is 19.6 Å². The van der Waals surface area contributed by atoms with E-state index in [1.807, 2.05) is 18.2 Å². The summed E-state index contributed by atoms with van der Waals surface area (Å²) < 4.78 is 12.5. The van der Waals surface area contributed by atoms with Gasteiger partial charge in [0.05, 0.1) is 12.7 Å². The third-order valence-electron chi connectivity index (χ3n) is 4.77. The molecule has 1 saturated heterocycles. The molecule has 0 saturated carbocycles. The smallest absolute Gasteiger partial charge is 0.125 e. The zero-order chi connectivity index (χ0) is 14.7. The van der Waals surface area contributed by atoms with Crippen molar-refractivity contribution in [2.24, 2.45) is 0 Å². The summed E-state index contributed by atoms with van der Waals surface area (Å²) in [5, 5.41) is 8.70. The van der Waals surface area contributed by atoms with Gasteiger partial charge in [-0.1, -0.05) is 18.2 Å². The summed E-state index contributed by atoms with van der Waals surface area (Å²) in [5.74, 6) is 0.953. The van der Waals surface area contributed by atoms with Crippen LogP contribution in [0.1, 0.15) is 31.7 Å². The Balaban J connectivity index is 0.00000176. The third kappa shape index (κ3) is 3.38. The topological polar surface area (TPSA) is 45.5 Å². The number of rotatable bonds is 2. The maximum atomic E-state index is 8.70. The lowest BCUT2D eigenvalue weighted by atomic mass is 9.86. The number of fused-ring (bicyclic) bond motifs is 1. The predicted octanol–water partition coefficient (Wildman–Crippen LogP) is 3.15. The zero-order valence-electron chi connectivity index (χ0n) is 13.0. The van der Waals surface area contributed by atoms with E-state index in [-0.39, 0.29) is 24.1 Å². The van der Waals surface area contributed by atoms with Crippen molar-refractivity contribution >= 4 is 12.4 Å². The number of piperidine rings is 1. The third-order valence-corrected chi connectivity index (χ3v) is 4.77. The quantitative estimate of drug-likeness (QED) is 0.839. The van der Waals surface area contributed by atoms with Gasteiger partial charge in [0.1, 0.15) is 17.5 Å². The number of likely N-dealkylation sites (tertiary alicyclic amines) is 1. The highest BCUT2D eigenvalue weighted by Gasteiger charge is 2.43. The van der Waals surface area contributed by atoms with Crippen LogP contribution >= 0.6 is 12.4 Å². The Hall–Kier alpha value is -1.28. The van der Waals surface area contributed by atoms with Crippen molar-refractivity contribution in [3.8, 4) is 11.8 Å². The first-order chi connectivity index (χ1) is 10.2. The largest absolute Gasteiger partial charge is 0.487 e. The standard InChI is InChI=1S/C17H22N2O2.ClH/c1-14-17(7-11-19(12-8-17)10-4-9-18)20-13-15-5-2-3-6-16(15)21-14;/h2-3,5-6,14H,4,7-8,10-13H2,1H3;1H. The fourth-order valence-corrected chi connectivity index (χ4v) is 3.29. The average Bonchev–Trinajstić information content (AvgIpc) is 2.65. The second-order valence-electron chi connectivity index (χ2n) is 5.97. The summed E-state index contributed by atoms with van der Waals surface area (Å²) in [5.41, 5.74) is 0.940. The molecule has 2 aliphatic rings. The first kappa shape index (κ1) is 17.1. The molecule has 0 amide bonds. The number of para-hydroxylation sites is 1. The molecule has 1 unspecified atom stereocenters. The molecular formula is C17H23ClN2O2. The van der Waals surface area contributed by atoms with Gasteiger partial charge >= 0.3 is 0 Å². The van der Waals surface area contributed by atoms with Crippen LogP contribution in [0.2, 0.25) is 0 Å². The highest BCUT2D eigenvalue weighted by atomic mass is 35.5. The molecule has 0 aromatic heterocycles. The van der Waals surface area contributed by atoms with E-state index in [2.05, 4.69) is 24.0 Å². The molecule has 2 heterocycles. The number of nitriles is 1. The van der Waals surface area contributed by atoms with Crippen LogP contribution in [0.5, 0.6) is 5.75 Å². The molecule has 5 heteroatoms. The molecule has 120 valence electrons. The number of hydrogen-bond acceptors (Lipinski definition) is 4. The maximum Gasteiger partial charge on any atom is 0.125 e. The number of halogens is 1. The van der Waals surface area contributed by atoms with Gasteiger partial charge in [0.2, 0.25) is 0 Å². The number of ether oxygens (including phenoxy) is 2. The maximum absolute atomic E-state index is 8.70. The van der Waals surface area contributed by atoms with Gasteiger partial charge in [-0.05, 0) is 25.8 Å². The minimum absolute atomic E-state index is 0. The molecule has 2 aliphatic heterocycles. The molecular weight excluding hydrogens is 300 g/mol. The van der Waals surface area contributed by atoms with Crippen LogP contribution in [-0.2, 0) is 11.3 Å². The van der Waals surface area contributed by atoms with Crippen molar-refractivity contribution in [1.82, 2.24) is 4.90 Å². The highest BCUT2D eigenvalue weighted by molar-refractivity contribution is 5.85. The molecule has 1 aromatic rings. The molecule has 1 aromatic carbocycles. The number of benzene rings is 1. The number of nitrogens with zero attached hydrogens (tertiary/aromatic N) is 2. The van der Waals surface area contributed by atoms with Crippen LogP contribution in [0, 0.1) is 11.3 Å². The Bertz CT molecular complexity index is 536. The lowest BCUT2D eigenvalue weighted by molar-refractivity contribution is -0.135. The number of hydrogen-bond donors (Lipinski definition) is 0. The molecule has 4 nitrogen and oxygen atoms in total. The molecule has 3 rings (SSSR count). The molecule has 0 aliphatic carbocycles. The van der Waals surface area contributed by atoms with Gasteiger partial charge in [-0.2, -0.15) is 5.26 Å². The monoisotopic (exact) mass is 322 g/mol. The molecule has 0 bridgehead atoms. The van der Waals surface area contributed by atoms with E-state index < -0.39 is 0 Å². The van der Waals surface area contributed by atoms with Gasteiger partial charge in [-0.25, -0.2) is 0 Å². The van der Waals surface area contributed by atoms with Crippen LogP contribution in [0.4, 0.5) is 0 Å². The lowest BCUT2D eigenvalue weighted by Gasteiger charge is -2.43. The fraction of sp³-hybridized carbons (Fsp3) is 0.588. The summed E-state index contributed by atoms with van der Waals surface area (Å²) in [6.45, 7) is 5.56. The van der Waals surface area contributed by atoms with E-state index in [4.69, 9.17) is 14.7 Å². The SMILES string of the molecule is CC1Oc2ccccc2COC12CCN(CCC#N)CC2.Cl. The zero-order valence-corrected chi connectivity index (χ0v) is 13.8. The van der Waals surface area contributed by atoms with Crippen LogP contribution in [0.15, 0.2) is 24.3 Å². The molecule has 1 atom stereocenters. The first-order valence-corrected chi connectivity index (χ1v) is 7.71. The Morgan fingerprint density at radius 1 is 1.32 bits per heavy atom. The van der Waals surface area contributed by atoms with E-state index in [0.29, 0.717) is 13.0 Å². The van der Waals surface area contributed by atoms with Crippen LogP contribution in [0.3, 0.4) is 0 Å². The van der Waals surface area contributed by atoms with Crippen LogP contribution < -0.4 is 4.74 Å². The Labute approximate surface area is 138 Å². The van der Waals surface area contributed by atoms with Crippen molar-refractivity contribution < 1.29 is 9.47 Å². The van der Waals surface area contributed by atoms with Gasteiger partial charge in [0.15, 0.2) is 0 Å². The highest BCUT2D eigenvalue weighted by Crippen LogP contribution is 2.37. The van der Waals surface area contributed by atoms with Gasteiger partial charge in [-0.3, -0.25) is 0 Å². The van der Waals surface area contributed by atoms with Gasteiger partial charge in [-0.15, -0.1) is 12.4 Å². The van der Waals surface area contributed by atoms with Crippen molar-refractivity contribution in [3.05, 3.63) is 29.8 Å². The minimum atomic E-state index is -0.192. The van der Waals surface area contributed by atoms with E-state index in [1.165, 1.54) is 0 Å². The van der Waals surface area contributed by atoms with E-state index in [1.54, 1.807) is 0 Å². The van der Waals surface area contributed by atoms with Gasteiger partial charge in [0, 0.05) is 31.6 Å². The summed E-state index contributed by atoms with van der Waals surface area (Å²) in [6, 6.07) is 10.4. The van der Waals surface area contributed by atoms with E-state index >= 15 is 0 Å². The second kappa shape index (κ2) is 7.32. The Kier molecular flexibility index (Phi) is 5.69. The van der Waals surface area contributed by atoms with Crippen molar-refractivity contribution in [1.29, 1.82) is 5.26 Å². The summed E-state index contributed by atoms with van der Waals surface area (Å²) in [4.78, 5) is 2.35. The second-order valence-corrected chi connectivity index (χ2v) is 5.97. The molecule has 0 N–H and O–H groups in total. The van der Waals surface area contributed by atoms with Crippen molar-refractivity contribution in [2.45, 2.75) is 44.5 Å². The Morgan fingerprint density at radius 3 is 2.77 bits per heavy atom. The van der Waals surface area contributed by atoms with Gasteiger partial charge in [0.25, 0.3) is 0 Å². The molecule has 0 radical (unpaired) electrons. The Morgan fingerprint density at radius 2 is 2.05 bits per heavy atom. The fourth-order valence-electron chi connectivity index (χ4n) is 3.29. The normalized spacial score (nSPS) is 23.5. The molecule has 22 heavy (non-hydrogen) atoms. The molecule has 1 spiro atoms. The van der Waals surface area contributed by atoms with E-state index in [9.17, 15) is 0 Å². The minimum Gasteiger partial charge on any atom is -0.487 e. The van der Waals surface area contributed by atoms with Crippen LogP contribution in [0.25, 0.3) is 0 Å².